The van der Waals surface area contributed by atoms with Crippen molar-refractivity contribution in [3.05, 3.63) is 81.5 Å². The summed E-state index contributed by atoms with van der Waals surface area (Å²) in [7, 11) is -3.96. The molecule has 0 radical (unpaired) electrons. The van der Waals surface area contributed by atoms with Crippen LogP contribution in [0.4, 0.5) is 16.4 Å². The molecule has 1 fully saturated rings. The van der Waals surface area contributed by atoms with Crippen LogP contribution in [0.25, 0.3) is 6.08 Å². The van der Waals surface area contributed by atoms with Crippen LogP contribution in [0.5, 0.6) is 0 Å². The van der Waals surface area contributed by atoms with E-state index in [2.05, 4.69) is 20.0 Å². The highest BCUT2D eigenvalue weighted by Gasteiger charge is 2.36. The minimum Gasteiger partial charge on any atom is -0.325 e. The second kappa shape index (κ2) is 10.7. The van der Waals surface area contributed by atoms with Crippen molar-refractivity contribution in [2.75, 3.05) is 16.6 Å². The van der Waals surface area contributed by atoms with Crippen LogP contribution in [0.15, 0.2) is 64.4 Å². The maximum Gasteiger partial charge on any atom is 0.294 e. The van der Waals surface area contributed by atoms with Gasteiger partial charge in [-0.15, -0.1) is 0 Å². The second-order valence-corrected chi connectivity index (χ2v) is 11.1. The molecule has 0 unspecified atom stereocenters. The van der Waals surface area contributed by atoms with E-state index in [1.54, 1.807) is 50.3 Å². The zero-order chi connectivity index (χ0) is 26.7. The molecule has 2 N–H and O–H groups in total. The Balaban J connectivity index is 1.39. The van der Waals surface area contributed by atoms with Gasteiger partial charge in [0.1, 0.15) is 6.54 Å². The summed E-state index contributed by atoms with van der Waals surface area (Å²) in [5, 5.41) is 2.53. The predicted molar refractivity (Wildman–Crippen MR) is 142 cm³/mol. The van der Waals surface area contributed by atoms with Gasteiger partial charge < -0.3 is 5.32 Å². The fourth-order valence-corrected chi connectivity index (χ4v) is 5.27. The molecular formula is C24H20ClN5O5S2. The van der Waals surface area contributed by atoms with Crippen molar-refractivity contribution in [3.63, 3.8) is 0 Å². The van der Waals surface area contributed by atoms with Crippen LogP contribution >= 0.6 is 23.4 Å². The monoisotopic (exact) mass is 557 g/mol. The number of nitrogens with one attached hydrogen (secondary N) is 2. The normalized spacial score (nSPS) is 14.8. The number of benzene rings is 2. The molecule has 1 aliphatic rings. The van der Waals surface area contributed by atoms with Crippen molar-refractivity contribution >= 4 is 68.2 Å². The van der Waals surface area contributed by atoms with E-state index >= 15 is 0 Å². The topological polar surface area (TPSA) is 138 Å². The van der Waals surface area contributed by atoms with E-state index in [4.69, 9.17) is 11.6 Å². The van der Waals surface area contributed by atoms with Gasteiger partial charge in [-0.2, -0.15) is 0 Å². The van der Waals surface area contributed by atoms with Crippen LogP contribution < -0.4 is 10.0 Å². The molecule has 0 bridgehead atoms. The van der Waals surface area contributed by atoms with Gasteiger partial charge in [0, 0.05) is 22.1 Å². The Morgan fingerprint density at radius 2 is 1.65 bits per heavy atom. The minimum absolute atomic E-state index is 0.0443. The Bertz CT molecular complexity index is 1500. The van der Waals surface area contributed by atoms with Crippen molar-refractivity contribution in [1.29, 1.82) is 0 Å². The molecule has 0 aliphatic carbocycles. The van der Waals surface area contributed by atoms with Gasteiger partial charge in [-0.3, -0.25) is 19.3 Å². The molecule has 3 amide bonds. The third-order valence-electron chi connectivity index (χ3n) is 5.00. The molecule has 0 atom stereocenters. The summed E-state index contributed by atoms with van der Waals surface area (Å²) in [5.41, 5.74) is 2.21. The molecule has 1 aromatic heterocycles. The van der Waals surface area contributed by atoms with Crippen LogP contribution in [-0.2, 0) is 19.6 Å². The average Bonchev–Trinajstić information content (AvgIpc) is 3.07. The molecule has 0 spiro atoms. The van der Waals surface area contributed by atoms with Crippen molar-refractivity contribution in [1.82, 2.24) is 14.9 Å². The predicted octanol–water partition coefficient (Wildman–Crippen LogP) is 4.22. The minimum atomic E-state index is -3.96. The van der Waals surface area contributed by atoms with E-state index in [1.807, 2.05) is 0 Å². The number of nitrogens with zero attached hydrogens (tertiary/aromatic N) is 3. The second-order valence-electron chi connectivity index (χ2n) is 7.97. The molecule has 37 heavy (non-hydrogen) atoms. The Labute approximate surface area is 222 Å². The number of sulfonamides is 1. The number of hydrogen-bond acceptors (Lipinski definition) is 8. The van der Waals surface area contributed by atoms with Gasteiger partial charge in [0.2, 0.25) is 11.9 Å². The molecule has 190 valence electrons. The standard InChI is InChI=1S/C24H20ClN5O5S2/c1-14-11-15(2)27-23(26-14)29-37(34,35)19-9-7-18(8-10-19)28-21(31)13-30-22(32)20(36-24(30)33)12-16-3-5-17(25)6-4-16/h3-12H,13H2,1-2H3,(H,28,31)(H,26,27,29)/b20-12-. The third-order valence-corrected chi connectivity index (χ3v) is 7.50. The highest BCUT2D eigenvalue weighted by molar-refractivity contribution is 8.18. The lowest BCUT2D eigenvalue weighted by Gasteiger charge is -2.13. The van der Waals surface area contributed by atoms with E-state index in [0.29, 0.717) is 22.0 Å². The van der Waals surface area contributed by atoms with E-state index in [0.717, 1.165) is 16.7 Å². The van der Waals surface area contributed by atoms with Crippen molar-refractivity contribution < 1.29 is 22.8 Å². The van der Waals surface area contributed by atoms with Gasteiger partial charge in [0.25, 0.3) is 21.2 Å². The van der Waals surface area contributed by atoms with Crippen LogP contribution in [0, 0.1) is 13.8 Å². The van der Waals surface area contributed by atoms with E-state index in [1.165, 1.54) is 24.3 Å². The molecule has 2 heterocycles. The zero-order valence-electron chi connectivity index (χ0n) is 19.6. The molecule has 10 nitrogen and oxygen atoms in total. The summed E-state index contributed by atoms with van der Waals surface area (Å²) in [6.45, 7) is 2.96. The first-order valence-corrected chi connectivity index (χ1v) is 13.4. The van der Waals surface area contributed by atoms with Gasteiger partial charge >= 0.3 is 0 Å². The number of aryl methyl sites for hydroxylation is 2. The summed E-state index contributed by atoms with van der Waals surface area (Å²) >= 11 is 6.60. The number of anilines is 2. The summed E-state index contributed by atoms with van der Waals surface area (Å²) < 4.78 is 27.7. The van der Waals surface area contributed by atoms with Crippen LogP contribution in [0.1, 0.15) is 17.0 Å². The smallest absolute Gasteiger partial charge is 0.294 e. The fraction of sp³-hybridized carbons (Fsp3) is 0.125. The van der Waals surface area contributed by atoms with Crippen molar-refractivity contribution in [2.45, 2.75) is 18.7 Å². The summed E-state index contributed by atoms with van der Waals surface area (Å²) in [5.74, 6) is -1.24. The SMILES string of the molecule is Cc1cc(C)nc(NS(=O)(=O)c2ccc(NC(=O)CN3C(=O)S/C(=C\c4ccc(Cl)cc4)C3=O)cc2)n1. The number of thioether (sulfide) groups is 1. The Kier molecular flexibility index (Phi) is 7.62. The first-order valence-electron chi connectivity index (χ1n) is 10.8. The Morgan fingerprint density at radius 3 is 2.27 bits per heavy atom. The maximum absolute atomic E-state index is 12.7. The number of amides is 3. The summed E-state index contributed by atoms with van der Waals surface area (Å²) in [6.07, 6.45) is 1.55. The lowest BCUT2D eigenvalue weighted by molar-refractivity contribution is -0.127. The van der Waals surface area contributed by atoms with E-state index in [-0.39, 0.29) is 21.4 Å². The van der Waals surface area contributed by atoms with Crippen LogP contribution in [-0.4, -0.2) is 46.9 Å². The first-order chi connectivity index (χ1) is 17.5. The number of imide groups is 1. The van der Waals surface area contributed by atoms with Crippen LogP contribution in [0.2, 0.25) is 5.02 Å². The molecular weight excluding hydrogens is 538 g/mol. The average molecular weight is 558 g/mol. The van der Waals surface area contributed by atoms with Gasteiger partial charge in [-0.1, -0.05) is 23.7 Å². The molecule has 0 saturated carbocycles. The van der Waals surface area contributed by atoms with Crippen molar-refractivity contribution in [3.8, 4) is 0 Å². The van der Waals surface area contributed by atoms with E-state index < -0.39 is 33.6 Å². The number of carbonyl (C=O) groups is 3. The molecule has 2 aromatic carbocycles. The third kappa shape index (κ3) is 6.53. The maximum atomic E-state index is 12.7. The molecule has 3 aromatic rings. The first kappa shape index (κ1) is 26.3. The highest BCUT2D eigenvalue weighted by atomic mass is 35.5. The fourth-order valence-electron chi connectivity index (χ4n) is 3.36. The van der Waals surface area contributed by atoms with Crippen molar-refractivity contribution in [2.24, 2.45) is 0 Å². The lowest BCUT2D eigenvalue weighted by Crippen LogP contribution is -2.36. The number of aromatic nitrogens is 2. The molecule has 1 saturated heterocycles. The Hall–Kier alpha value is -3.74. The molecule has 4 rings (SSSR count). The highest BCUT2D eigenvalue weighted by Crippen LogP contribution is 2.32. The largest absolute Gasteiger partial charge is 0.325 e. The Morgan fingerprint density at radius 1 is 1.03 bits per heavy atom. The molecule has 13 heteroatoms. The van der Waals surface area contributed by atoms with Crippen LogP contribution in [0.3, 0.4) is 0 Å². The van der Waals surface area contributed by atoms with Gasteiger partial charge in [0.15, 0.2) is 0 Å². The lowest BCUT2D eigenvalue weighted by atomic mass is 10.2. The number of rotatable bonds is 7. The zero-order valence-corrected chi connectivity index (χ0v) is 21.9. The number of hydrogen-bond donors (Lipinski definition) is 2. The summed E-state index contributed by atoms with van der Waals surface area (Å²) in [4.78, 5) is 46.6. The van der Waals surface area contributed by atoms with E-state index in [9.17, 15) is 22.8 Å². The number of halogens is 1. The quantitative estimate of drug-likeness (QED) is 0.412. The molecule has 1 aliphatic heterocycles. The number of carbonyl (C=O) groups excluding carboxylic acids is 3. The summed E-state index contributed by atoms with van der Waals surface area (Å²) in [6, 6.07) is 13.8. The van der Waals surface area contributed by atoms with Gasteiger partial charge in [0.05, 0.1) is 9.80 Å². The van der Waals surface area contributed by atoms with Gasteiger partial charge in [-0.05, 0) is 79.7 Å². The van der Waals surface area contributed by atoms with Gasteiger partial charge in [-0.25, -0.2) is 23.1 Å².